The summed E-state index contributed by atoms with van der Waals surface area (Å²) in [5.41, 5.74) is 2.41. The number of benzene rings is 1. The summed E-state index contributed by atoms with van der Waals surface area (Å²) in [5, 5.41) is 8.91. The van der Waals surface area contributed by atoms with Crippen LogP contribution in [0.15, 0.2) is 24.3 Å². The predicted octanol–water partition coefficient (Wildman–Crippen LogP) is 2.13. The number of rotatable bonds is 3. The van der Waals surface area contributed by atoms with Crippen LogP contribution < -0.4 is 0 Å². The van der Waals surface area contributed by atoms with E-state index in [1.807, 2.05) is 12.1 Å². The van der Waals surface area contributed by atoms with E-state index in [1.165, 1.54) is 24.8 Å². The first-order valence-electron chi connectivity index (χ1n) is 4.57. The Kier molecular flexibility index (Phi) is 2.13. The molecule has 1 aromatic rings. The summed E-state index contributed by atoms with van der Waals surface area (Å²) in [6.07, 6.45) is 3.99. The Morgan fingerprint density at radius 1 is 1.25 bits per heavy atom. The van der Waals surface area contributed by atoms with Gasteiger partial charge in [0, 0.05) is 0 Å². The number of hydrogen-bond donors (Lipinski definition) is 1. The van der Waals surface area contributed by atoms with Crippen LogP contribution >= 0.6 is 0 Å². The minimum atomic E-state index is 0.165. The highest BCUT2D eigenvalue weighted by molar-refractivity contribution is 5.23. The van der Waals surface area contributed by atoms with Crippen molar-refractivity contribution in [3.8, 4) is 0 Å². The van der Waals surface area contributed by atoms with E-state index >= 15 is 0 Å². The molecule has 1 aromatic carbocycles. The van der Waals surface area contributed by atoms with E-state index in [2.05, 4.69) is 12.1 Å². The average Bonchev–Trinajstić information content (AvgIpc) is 2.89. The Bertz CT molecular complexity index is 263. The zero-order valence-electron chi connectivity index (χ0n) is 7.16. The second-order valence-electron chi connectivity index (χ2n) is 3.63. The van der Waals surface area contributed by atoms with Gasteiger partial charge in [-0.2, -0.15) is 0 Å². The van der Waals surface area contributed by atoms with Crippen LogP contribution in [-0.2, 0) is 13.0 Å². The molecule has 2 rings (SSSR count). The van der Waals surface area contributed by atoms with Crippen molar-refractivity contribution in [1.82, 2.24) is 0 Å². The second kappa shape index (κ2) is 3.28. The number of aliphatic hydroxyl groups excluding tert-OH is 1. The van der Waals surface area contributed by atoms with Gasteiger partial charge in [0.1, 0.15) is 0 Å². The van der Waals surface area contributed by atoms with Crippen molar-refractivity contribution < 1.29 is 5.11 Å². The third-order valence-corrected chi connectivity index (χ3v) is 2.40. The zero-order chi connectivity index (χ0) is 8.39. The third-order valence-electron chi connectivity index (χ3n) is 2.40. The molecule has 1 nitrogen and oxygen atoms in total. The largest absolute Gasteiger partial charge is 0.392 e. The molecule has 64 valence electrons. The quantitative estimate of drug-likeness (QED) is 0.722. The highest BCUT2D eigenvalue weighted by atomic mass is 16.3. The van der Waals surface area contributed by atoms with Gasteiger partial charge in [-0.05, 0) is 36.3 Å². The fourth-order valence-electron chi connectivity index (χ4n) is 1.51. The van der Waals surface area contributed by atoms with E-state index in [0.717, 1.165) is 11.5 Å². The van der Waals surface area contributed by atoms with Gasteiger partial charge in [0.05, 0.1) is 6.61 Å². The van der Waals surface area contributed by atoms with Gasteiger partial charge in [0.2, 0.25) is 0 Å². The van der Waals surface area contributed by atoms with Crippen LogP contribution in [0.2, 0.25) is 0 Å². The molecular weight excluding hydrogens is 148 g/mol. The summed E-state index contributed by atoms with van der Waals surface area (Å²) in [6.45, 7) is 0.165. The molecule has 1 fully saturated rings. The molecule has 0 aliphatic heterocycles. The lowest BCUT2D eigenvalue weighted by Gasteiger charge is -2.01. The molecule has 1 aliphatic rings. The summed E-state index contributed by atoms with van der Waals surface area (Å²) in [7, 11) is 0. The Morgan fingerprint density at radius 3 is 2.67 bits per heavy atom. The van der Waals surface area contributed by atoms with Crippen LogP contribution in [0.5, 0.6) is 0 Å². The van der Waals surface area contributed by atoms with Crippen molar-refractivity contribution in [1.29, 1.82) is 0 Å². The number of hydrogen-bond acceptors (Lipinski definition) is 1. The lowest BCUT2D eigenvalue weighted by atomic mass is 10.1. The van der Waals surface area contributed by atoms with Crippen LogP contribution in [0.1, 0.15) is 24.0 Å². The molecule has 1 heteroatoms. The van der Waals surface area contributed by atoms with Crippen molar-refractivity contribution in [2.75, 3.05) is 0 Å². The molecule has 1 saturated carbocycles. The minimum absolute atomic E-state index is 0.165. The molecule has 0 spiro atoms. The molecule has 0 amide bonds. The SMILES string of the molecule is OCc1cccc(CC2CC2)c1. The fraction of sp³-hybridized carbons (Fsp3) is 0.455. The molecule has 1 aliphatic carbocycles. The lowest BCUT2D eigenvalue weighted by molar-refractivity contribution is 0.281. The molecule has 0 atom stereocenters. The molecular formula is C11H14O. The van der Waals surface area contributed by atoms with Gasteiger partial charge < -0.3 is 5.11 Å². The van der Waals surface area contributed by atoms with Crippen LogP contribution in [0.3, 0.4) is 0 Å². The van der Waals surface area contributed by atoms with Crippen LogP contribution in [0, 0.1) is 5.92 Å². The Labute approximate surface area is 73.0 Å². The molecule has 0 bridgehead atoms. The Balaban J connectivity index is 2.08. The van der Waals surface area contributed by atoms with E-state index in [9.17, 15) is 0 Å². The van der Waals surface area contributed by atoms with E-state index in [-0.39, 0.29) is 6.61 Å². The summed E-state index contributed by atoms with van der Waals surface area (Å²) >= 11 is 0. The summed E-state index contributed by atoms with van der Waals surface area (Å²) in [4.78, 5) is 0. The first-order valence-corrected chi connectivity index (χ1v) is 4.57. The highest BCUT2D eigenvalue weighted by Crippen LogP contribution is 2.32. The monoisotopic (exact) mass is 162 g/mol. The average molecular weight is 162 g/mol. The summed E-state index contributed by atoms with van der Waals surface area (Å²) in [6, 6.07) is 8.26. The van der Waals surface area contributed by atoms with Crippen molar-refractivity contribution in [2.45, 2.75) is 25.9 Å². The number of aliphatic hydroxyl groups is 1. The normalized spacial score (nSPS) is 16.4. The standard InChI is InChI=1S/C11H14O/c12-8-11-3-1-2-10(7-11)6-9-4-5-9/h1-3,7,9,12H,4-6,8H2. The fourth-order valence-corrected chi connectivity index (χ4v) is 1.51. The molecule has 0 aromatic heterocycles. The van der Waals surface area contributed by atoms with Gasteiger partial charge in [-0.3, -0.25) is 0 Å². The van der Waals surface area contributed by atoms with Gasteiger partial charge in [0.15, 0.2) is 0 Å². The summed E-state index contributed by atoms with van der Waals surface area (Å²) < 4.78 is 0. The smallest absolute Gasteiger partial charge is 0.0681 e. The van der Waals surface area contributed by atoms with Crippen molar-refractivity contribution in [2.24, 2.45) is 5.92 Å². The lowest BCUT2D eigenvalue weighted by Crippen LogP contribution is -1.89. The Hall–Kier alpha value is -0.820. The van der Waals surface area contributed by atoms with Gasteiger partial charge in [-0.15, -0.1) is 0 Å². The third kappa shape index (κ3) is 1.86. The topological polar surface area (TPSA) is 20.2 Å². The maximum atomic E-state index is 8.91. The molecule has 0 heterocycles. The first-order chi connectivity index (χ1) is 5.88. The maximum absolute atomic E-state index is 8.91. The van der Waals surface area contributed by atoms with Gasteiger partial charge >= 0.3 is 0 Å². The zero-order valence-corrected chi connectivity index (χ0v) is 7.16. The van der Waals surface area contributed by atoms with E-state index < -0.39 is 0 Å². The highest BCUT2D eigenvalue weighted by Gasteiger charge is 2.21. The molecule has 0 unspecified atom stereocenters. The van der Waals surface area contributed by atoms with Crippen LogP contribution in [0.25, 0.3) is 0 Å². The van der Waals surface area contributed by atoms with Crippen LogP contribution in [0.4, 0.5) is 0 Å². The molecule has 12 heavy (non-hydrogen) atoms. The van der Waals surface area contributed by atoms with Crippen molar-refractivity contribution in [3.63, 3.8) is 0 Å². The molecule has 1 N–H and O–H groups in total. The minimum Gasteiger partial charge on any atom is -0.392 e. The van der Waals surface area contributed by atoms with Gasteiger partial charge in [0.25, 0.3) is 0 Å². The Morgan fingerprint density at radius 2 is 2.00 bits per heavy atom. The van der Waals surface area contributed by atoms with Crippen LogP contribution in [-0.4, -0.2) is 5.11 Å². The van der Waals surface area contributed by atoms with E-state index in [0.29, 0.717) is 0 Å². The summed E-state index contributed by atoms with van der Waals surface area (Å²) in [5.74, 6) is 0.930. The van der Waals surface area contributed by atoms with E-state index in [1.54, 1.807) is 0 Å². The first kappa shape index (κ1) is 7.81. The van der Waals surface area contributed by atoms with Gasteiger partial charge in [-0.25, -0.2) is 0 Å². The maximum Gasteiger partial charge on any atom is 0.0681 e. The second-order valence-corrected chi connectivity index (χ2v) is 3.63. The molecule has 0 saturated heterocycles. The van der Waals surface area contributed by atoms with E-state index in [4.69, 9.17) is 5.11 Å². The van der Waals surface area contributed by atoms with Crippen molar-refractivity contribution >= 4 is 0 Å². The predicted molar refractivity (Wildman–Crippen MR) is 48.8 cm³/mol. The van der Waals surface area contributed by atoms with Crippen molar-refractivity contribution in [3.05, 3.63) is 35.4 Å². The van der Waals surface area contributed by atoms with Gasteiger partial charge in [-0.1, -0.05) is 24.3 Å². The molecule has 0 radical (unpaired) electrons.